The summed E-state index contributed by atoms with van der Waals surface area (Å²) in [4.78, 5) is 0. The average molecular weight is 167 g/mol. The fourth-order valence-corrected chi connectivity index (χ4v) is 0.959. The molecule has 0 fully saturated rings. The maximum atomic E-state index is 10.1. The number of hydrogen-bond acceptors (Lipinski definition) is 3. The molecule has 0 heterocycles. The Kier molecular flexibility index (Phi) is 3.85. The van der Waals surface area contributed by atoms with Crippen molar-refractivity contribution in [2.45, 2.75) is 12.5 Å². The smallest absolute Gasteiger partial charge is 0.264 e. The van der Waals surface area contributed by atoms with Crippen molar-refractivity contribution in [3.63, 3.8) is 0 Å². The molecule has 0 aromatic heterocycles. The van der Waals surface area contributed by atoms with Crippen molar-refractivity contribution in [3.05, 3.63) is 6.92 Å². The molecule has 0 aliphatic carbocycles. The Balaban J connectivity index is 3.56. The molecule has 1 N–H and O–H groups in total. The summed E-state index contributed by atoms with van der Waals surface area (Å²) in [7, 11) is -2.42. The van der Waals surface area contributed by atoms with Crippen molar-refractivity contribution in [2.24, 2.45) is 0 Å². The lowest BCUT2D eigenvalue weighted by Gasteiger charge is -2.05. The molecular weight excluding hydrogens is 156 g/mol. The fourth-order valence-electron chi connectivity index (χ4n) is 0.398. The first kappa shape index (κ1) is 9.87. The summed E-state index contributed by atoms with van der Waals surface area (Å²) in [6, 6.07) is 0. The second kappa shape index (κ2) is 3.90. The molecule has 0 saturated heterocycles. The average Bonchev–Trinajstić information content (AvgIpc) is 1.81. The topological polar surface area (TPSA) is 63.6 Å². The molecule has 10 heavy (non-hydrogen) atoms. The summed E-state index contributed by atoms with van der Waals surface area (Å²) in [5.41, 5.74) is 0. The molecule has 4 nitrogen and oxygen atoms in total. The van der Waals surface area contributed by atoms with Crippen LogP contribution < -0.4 is 0 Å². The minimum absolute atomic E-state index is 0.218. The molecule has 0 aromatic rings. The highest BCUT2D eigenvalue weighted by molar-refractivity contribution is 7.85. The monoisotopic (exact) mass is 167 g/mol. The van der Waals surface area contributed by atoms with Crippen LogP contribution in [0.3, 0.4) is 0 Å². The molecule has 0 rings (SSSR count). The number of rotatable bonds is 4. The van der Waals surface area contributed by atoms with E-state index in [1.165, 1.54) is 7.11 Å². The van der Waals surface area contributed by atoms with Gasteiger partial charge in [0, 0.05) is 7.11 Å². The first-order chi connectivity index (χ1) is 4.45. The van der Waals surface area contributed by atoms with Gasteiger partial charge < -0.3 is 4.74 Å². The largest absolute Gasteiger partial charge is 0.381 e. The lowest BCUT2D eigenvalue weighted by molar-refractivity contribution is 0.136. The van der Waals surface area contributed by atoms with Crippen LogP contribution in [0.25, 0.3) is 0 Å². The minimum Gasteiger partial charge on any atom is -0.381 e. The van der Waals surface area contributed by atoms with Crippen LogP contribution in [0.5, 0.6) is 0 Å². The minimum atomic E-state index is -3.85. The third-order valence-corrected chi connectivity index (χ3v) is 1.78. The van der Waals surface area contributed by atoms with Crippen LogP contribution in [-0.4, -0.2) is 31.9 Å². The molecule has 61 valence electrons. The van der Waals surface area contributed by atoms with E-state index in [1.807, 2.05) is 0 Å². The first-order valence-corrected chi connectivity index (χ1v) is 4.37. The van der Waals surface area contributed by atoms with Gasteiger partial charge in [-0.3, -0.25) is 4.55 Å². The quantitative estimate of drug-likeness (QED) is 0.604. The first-order valence-electron chi connectivity index (χ1n) is 2.77. The molecular formula is C5H11O4S. The lowest BCUT2D eigenvalue weighted by Crippen LogP contribution is -2.13. The van der Waals surface area contributed by atoms with Crippen molar-refractivity contribution < 1.29 is 17.7 Å². The SMILES string of the molecule is [CH2]C(CCS(=O)(=O)O)OC. The van der Waals surface area contributed by atoms with Crippen molar-refractivity contribution >= 4 is 10.1 Å². The van der Waals surface area contributed by atoms with Gasteiger partial charge in [0.2, 0.25) is 0 Å². The van der Waals surface area contributed by atoms with Gasteiger partial charge in [-0.25, -0.2) is 0 Å². The maximum Gasteiger partial charge on any atom is 0.264 e. The van der Waals surface area contributed by atoms with E-state index >= 15 is 0 Å². The Morgan fingerprint density at radius 3 is 2.50 bits per heavy atom. The second-order valence-electron chi connectivity index (χ2n) is 1.93. The van der Waals surface area contributed by atoms with Crippen LogP contribution in [-0.2, 0) is 14.9 Å². The van der Waals surface area contributed by atoms with Crippen molar-refractivity contribution in [2.75, 3.05) is 12.9 Å². The van der Waals surface area contributed by atoms with E-state index in [4.69, 9.17) is 4.55 Å². The molecule has 0 aromatic carbocycles. The van der Waals surface area contributed by atoms with Crippen molar-refractivity contribution in [1.29, 1.82) is 0 Å². The lowest BCUT2D eigenvalue weighted by atomic mass is 10.3. The molecule has 1 unspecified atom stereocenters. The molecule has 1 atom stereocenters. The highest BCUT2D eigenvalue weighted by Gasteiger charge is 2.07. The number of ether oxygens (including phenoxy) is 1. The third-order valence-electron chi connectivity index (χ3n) is 1.03. The normalized spacial score (nSPS) is 15.1. The standard InChI is InChI=1S/C5H11O4S/c1-5(9-2)3-4-10(6,7)8/h5H,1,3-4H2,2H3,(H,6,7,8). The van der Waals surface area contributed by atoms with Gasteiger partial charge in [0.15, 0.2) is 0 Å². The molecule has 0 bridgehead atoms. The van der Waals surface area contributed by atoms with E-state index < -0.39 is 10.1 Å². The fraction of sp³-hybridized carbons (Fsp3) is 0.800. The van der Waals surface area contributed by atoms with Gasteiger partial charge in [0.1, 0.15) is 0 Å². The van der Waals surface area contributed by atoms with E-state index in [9.17, 15) is 8.42 Å². The Morgan fingerprint density at radius 1 is 1.70 bits per heavy atom. The van der Waals surface area contributed by atoms with Crippen LogP contribution in [0.1, 0.15) is 6.42 Å². The van der Waals surface area contributed by atoms with E-state index in [2.05, 4.69) is 11.7 Å². The Hall–Kier alpha value is -0.130. The molecule has 0 aliphatic heterocycles. The zero-order chi connectivity index (χ0) is 8.20. The van der Waals surface area contributed by atoms with Gasteiger partial charge in [0.25, 0.3) is 10.1 Å². The predicted octanol–water partition coefficient (Wildman–Crippen LogP) is 0.113. The van der Waals surface area contributed by atoms with Crippen molar-refractivity contribution in [3.8, 4) is 0 Å². The van der Waals surface area contributed by atoms with Crippen LogP contribution in [0, 0.1) is 6.92 Å². The van der Waals surface area contributed by atoms with E-state index in [0.29, 0.717) is 0 Å². The summed E-state index contributed by atoms with van der Waals surface area (Å²) in [5.74, 6) is -0.297. The summed E-state index contributed by atoms with van der Waals surface area (Å²) in [6.45, 7) is 3.46. The molecule has 5 heteroatoms. The van der Waals surface area contributed by atoms with Gasteiger partial charge in [-0.15, -0.1) is 0 Å². The van der Waals surface area contributed by atoms with Gasteiger partial charge in [0.05, 0.1) is 11.9 Å². The van der Waals surface area contributed by atoms with Gasteiger partial charge in [-0.2, -0.15) is 8.42 Å². The number of methoxy groups -OCH3 is 1. The predicted molar refractivity (Wildman–Crippen MR) is 37.2 cm³/mol. The van der Waals surface area contributed by atoms with Crippen LogP contribution in [0.15, 0.2) is 0 Å². The molecule has 0 amide bonds. The third kappa shape index (κ3) is 6.00. The van der Waals surface area contributed by atoms with Crippen LogP contribution in [0.4, 0.5) is 0 Å². The maximum absolute atomic E-state index is 10.1. The number of hydrogen-bond donors (Lipinski definition) is 1. The zero-order valence-corrected chi connectivity index (χ0v) is 6.60. The summed E-state index contributed by atoms with van der Waals surface area (Å²) in [6.07, 6.45) is -0.156. The van der Waals surface area contributed by atoms with Gasteiger partial charge >= 0.3 is 0 Å². The molecule has 1 radical (unpaired) electrons. The van der Waals surface area contributed by atoms with Gasteiger partial charge in [-0.1, -0.05) is 0 Å². The van der Waals surface area contributed by atoms with E-state index in [0.717, 1.165) is 0 Å². The molecule has 0 saturated carbocycles. The Labute approximate surface area is 60.9 Å². The van der Waals surface area contributed by atoms with Gasteiger partial charge in [-0.05, 0) is 13.3 Å². The van der Waals surface area contributed by atoms with Crippen LogP contribution >= 0.6 is 0 Å². The van der Waals surface area contributed by atoms with Crippen molar-refractivity contribution in [1.82, 2.24) is 0 Å². The molecule has 0 aliphatic rings. The Morgan fingerprint density at radius 2 is 2.20 bits per heavy atom. The van der Waals surface area contributed by atoms with E-state index in [1.54, 1.807) is 0 Å². The summed E-state index contributed by atoms with van der Waals surface area (Å²) in [5, 5.41) is 0. The van der Waals surface area contributed by atoms with E-state index in [-0.39, 0.29) is 18.3 Å². The highest BCUT2D eigenvalue weighted by Crippen LogP contribution is 1.96. The Bertz CT molecular complexity index is 172. The summed E-state index contributed by atoms with van der Waals surface area (Å²) < 4.78 is 33.2. The van der Waals surface area contributed by atoms with Crippen LogP contribution in [0.2, 0.25) is 0 Å². The zero-order valence-electron chi connectivity index (χ0n) is 5.78. The highest BCUT2D eigenvalue weighted by atomic mass is 32.2. The second-order valence-corrected chi connectivity index (χ2v) is 3.50. The molecule has 0 spiro atoms. The summed E-state index contributed by atoms with van der Waals surface area (Å²) >= 11 is 0.